The van der Waals surface area contributed by atoms with Gasteiger partial charge in [0.15, 0.2) is 0 Å². The van der Waals surface area contributed by atoms with Crippen molar-refractivity contribution in [2.45, 2.75) is 13.0 Å². The summed E-state index contributed by atoms with van der Waals surface area (Å²) in [5.41, 5.74) is 1.01. The number of aromatic nitrogens is 2. The van der Waals surface area contributed by atoms with Gasteiger partial charge in [0.25, 0.3) is 0 Å². The fourth-order valence-electron chi connectivity index (χ4n) is 1.37. The number of hydrogen-bond acceptors (Lipinski definition) is 1. The molecule has 0 atom stereocenters. The van der Waals surface area contributed by atoms with Gasteiger partial charge < -0.3 is 4.57 Å². The van der Waals surface area contributed by atoms with Crippen molar-refractivity contribution in [1.82, 2.24) is 9.55 Å². The third kappa shape index (κ3) is 2.19. The molecule has 0 amide bonds. The molecule has 0 unspecified atom stereocenters. The van der Waals surface area contributed by atoms with Crippen LogP contribution >= 0.6 is 0 Å². The highest BCUT2D eigenvalue weighted by Gasteiger charge is 1.95. The fourth-order valence-corrected chi connectivity index (χ4v) is 1.37. The van der Waals surface area contributed by atoms with E-state index in [1.165, 1.54) is 6.07 Å². The molecule has 0 saturated carbocycles. The van der Waals surface area contributed by atoms with E-state index in [2.05, 4.69) is 4.98 Å². The van der Waals surface area contributed by atoms with Crippen molar-refractivity contribution in [2.24, 2.45) is 0 Å². The predicted molar refractivity (Wildman–Crippen MR) is 52.3 cm³/mol. The predicted octanol–water partition coefficient (Wildman–Crippen LogP) is 2.26. The van der Waals surface area contributed by atoms with E-state index in [9.17, 15) is 4.39 Å². The average molecular weight is 190 g/mol. The van der Waals surface area contributed by atoms with Gasteiger partial charge in [0.2, 0.25) is 0 Å². The first-order chi connectivity index (χ1) is 6.84. The molecular formula is C11H11FN2. The fraction of sp³-hybridized carbons (Fsp3) is 0.182. The topological polar surface area (TPSA) is 17.8 Å². The van der Waals surface area contributed by atoms with Crippen LogP contribution in [-0.4, -0.2) is 9.55 Å². The van der Waals surface area contributed by atoms with Crippen LogP contribution in [0.25, 0.3) is 0 Å². The number of imidazole rings is 1. The van der Waals surface area contributed by atoms with Crippen LogP contribution in [0.5, 0.6) is 0 Å². The van der Waals surface area contributed by atoms with Crippen LogP contribution in [0, 0.1) is 5.82 Å². The second kappa shape index (κ2) is 4.05. The Bertz CT molecular complexity index is 395. The van der Waals surface area contributed by atoms with E-state index in [-0.39, 0.29) is 5.82 Å². The van der Waals surface area contributed by atoms with E-state index in [1.54, 1.807) is 24.7 Å². The van der Waals surface area contributed by atoms with E-state index in [4.69, 9.17) is 0 Å². The van der Waals surface area contributed by atoms with Crippen LogP contribution in [0.4, 0.5) is 4.39 Å². The van der Waals surface area contributed by atoms with E-state index >= 15 is 0 Å². The molecule has 0 aliphatic rings. The second-order valence-corrected chi connectivity index (χ2v) is 3.18. The Kier molecular flexibility index (Phi) is 2.58. The molecule has 1 aromatic carbocycles. The molecule has 0 fully saturated rings. The number of rotatable bonds is 3. The van der Waals surface area contributed by atoms with Crippen molar-refractivity contribution >= 4 is 0 Å². The largest absolute Gasteiger partial charge is 0.337 e. The minimum atomic E-state index is -0.173. The summed E-state index contributed by atoms with van der Waals surface area (Å²) in [7, 11) is 0. The molecule has 2 nitrogen and oxygen atoms in total. The first kappa shape index (κ1) is 8.94. The van der Waals surface area contributed by atoms with Crippen molar-refractivity contribution in [3.05, 3.63) is 54.4 Å². The summed E-state index contributed by atoms with van der Waals surface area (Å²) in [5, 5.41) is 0. The zero-order valence-electron chi connectivity index (χ0n) is 7.73. The smallest absolute Gasteiger partial charge is 0.123 e. The lowest BCUT2D eigenvalue weighted by molar-refractivity contribution is 0.621. The van der Waals surface area contributed by atoms with E-state index < -0.39 is 0 Å². The third-order valence-electron chi connectivity index (χ3n) is 2.11. The lowest BCUT2D eigenvalue weighted by atomic mass is 10.1. The Hall–Kier alpha value is -1.64. The maximum Gasteiger partial charge on any atom is 0.123 e. The van der Waals surface area contributed by atoms with Gasteiger partial charge in [-0.15, -0.1) is 0 Å². The molecule has 72 valence electrons. The first-order valence-corrected chi connectivity index (χ1v) is 4.55. The zero-order chi connectivity index (χ0) is 9.80. The van der Waals surface area contributed by atoms with Gasteiger partial charge in [0, 0.05) is 18.9 Å². The van der Waals surface area contributed by atoms with Crippen molar-refractivity contribution in [2.75, 3.05) is 0 Å². The summed E-state index contributed by atoms with van der Waals surface area (Å²) in [6, 6.07) is 6.69. The molecular weight excluding hydrogens is 179 g/mol. The van der Waals surface area contributed by atoms with Crippen molar-refractivity contribution < 1.29 is 4.39 Å². The highest BCUT2D eigenvalue weighted by molar-refractivity contribution is 5.16. The Morgan fingerprint density at radius 3 is 3.00 bits per heavy atom. The summed E-state index contributed by atoms with van der Waals surface area (Å²) in [6.07, 6.45) is 6.23. The Morgan fingerprint density at radius 2 is 2.29 bits per heavy atom. The molecule has 0 N–H and O–H groups in total. The summed E-state index contributed by atoms with van der Waals surface area (Å²) >= 11 is 0. The van der Waals surface area contributed by atoms with Crippen LogP contribution in [0.15, 0.2) is 43.0 Å². The normalized spacial score (nSPS) is 10.4. The van der Waals surface area contributed by atoms with Crippen LogP contribution in [0.3, 0.4) is 0 Å². The number of benzene rings is 1. The summed E-state index contributed by atoms with van der Waals surface area (Å²) in [5.74, 6) is -0.173. The molecule has 0 aliphatic carbocycles. The standard InChI is InChI=1S/C11H11FN2/c12-11-3-1-2-10(8-11)4-6-14-7-5-13-9-14/h1-3,5,7-9H,4,6H2. The second-order valence-electron chi connectivity index (χ2n) is 3.18. The minimum absolute atomic E-state index is 0.173. The molecule has 1 heterocycles. The number of aryl methyl sites for hydroxylation is 2. The van der Waals surface area contributed by atoms with E-state index in [0.29, 0.717) is 0 Å². The van der Waals surface area contributed by atoms with E-state index in [1.807, 2.05) is 16.8 Å². The summed E-state index contributed by atoms with van der Waals surface area (Å²) < 4.78 is 14.8. The Morgan fingerprint density at radius 1 is 1.36 bits per heavy atom. The first-order valence-electron chi connectivity index (χ1n) is 4.55. The maximum absolute atomic E-state index is 12.8. The lowest BCUT2D eigenvalue weighted by Crippen LogP contribution is -1.98. The van der Waals surface area contributed by atoms with Crippen LogP contribution in [0.2, 0.25) is 0 Å². The minimum Gasteiger partial charge on any atom is -0.337 e. The van der Waals surface area contributed by atoms with Gasteiger partial charge in [0.05, 0.1) is 6.33 Å². The van der Waals surface area contributed by atoms with Gasteiger partial charge in [-0.05, 0) is 24.1 Å². The lowest BCUT2D eigenvalue weighted by Gasteiger charge is -2.02. The molecule has 14 heavy (non-hydrogen) atoms. The van der Waals surface area contributed by atoms with Gasteiger partial charge in [-0.3, -0.25) is 0 Å². The van der Waals surface area contributed by atoms with Crippen molar-refractivity contribution in [3.63, 3.8) is 0 Å². The van der Waals surface area contributed by atoms with Gasteiger partial charge in [0.1, 0.15) is 5.82 Å². The molecule has 0 radical (unpaired) electrons. The highest BCUT2D eigenvalue weighted by atomic mass is 19.1. The molecule has 2 aromatic rings. The van der Waals surface area contributed by atoms with E-state index in [0.717, 1.165) is 18.5 Å². The molecule has 3 heteroatoms. The number of halogens is 1. The maximum atomic E-state index is 12.8. The SMILES string of the molecule is Fc1cccc(CCn2ccnc2)c1. The van der Waals surface area contributed by atoms with Gasteiger partial charge in [-0.2, -0.15) is 0 Å². The average Bonchev–Trinajstić information content (AvgIpc) is 2.67. The molecule has 2 rings (SSSR count). The summed E-state index contributed by atoms with van der Waals surface area (Å²) in [6.45, 7) is 0.837. The summed E-state index contributed by atoms with van der Waals surface area (Å²) in [4.78, 5) is 3.94. The quantitative estimate of drug-likeness (QED) is 0.726. The zero-order valence-corrected chi connectivity index (χ0v) is 7.73. The van der Waals surface area contributed by atoms with Crippen LogP contribution in [0.1, 0.15) is 5.56 Å². The monoisotopic (exact) mass is 190 g/mol. The number of nitrogens with zero attached hydrogens (tertiary/aromatic N) is 2. The highest BCUT2D eigenvalue weighted by Crippen LogP contribution is 2.05. The Labute approximate surface area is 82.0 Å². The third-order valence-corrected chi connectivity index (χ3v) is 2.11. The molecule has 0 spiro atoms. The van der Waals surface area contributed by atoms with Crippen molar-refractivity contribution in [1.29, 1.82) is 0 Å². The van der Waals surface area contributed by atoms with Gasteiger partial charge >= 0.3 is 0 Å². The molecule has 0 bridgehead atoms. The molecule has 1 aromatic heterocycles. The van der Waals surface area contributed by atoms with Crippen LogP contribution in [-0.2, 0) is 13.0 Å². The van der Waals surface area contributed by atoms with Gasteiger partial charge in [-0.25, -0.2) is 9.37 Å². The Balaban J connectivity index is 1.98. The van der Waals surface area contributed by atoms with Gasteiger partial charge in [-0.1, -0.05) is 12.1 Å². The molecule has 0 aliphatic heterocycles. The van der Waals surface area contributed by atoms with Crippen LogP contribution < -0.4 is 0 Å². The van der Waals surface area contributed by atoms with Crippen molar-refractivity contribution in [3.8, 4) is 0 Å². The number of hydrogen-bond donors (Lipinski definition) is 0. The molecule has 0 saturated heterocycles.